The first-order chi connectivity index (χ1) is 7.40. The summed E-state index contributed by atoms with van der Waals surface area (Å²) in [7, 11) is 0. The van der Waals surface area contributed by atoms with Gasteiger partial charge in [0.05, 0.1) is 23.8 Å². The Morgan fingerprint density at radius 1 is 1.40 bits per heavy atom. The maximum Gasteiger partial charge on any atom is 0.109 e. The Morgan fingerprint density at radius 3 is 3.13 bits per heavy atom. The van der Waals surface area contributed by atoms with Crippen LogP contribution in [-0.2, 0) is 11.2 Å². The second kappa shape index (κ2) is 4.89. The summed E-state index contributed by atoms with van der Waals surface area (Å²) in [5.74, 6) is 0.967. The normalized spacial score (nSPS) is 11.0. The van der Waals surface area contributed by atoms with Gasteiger partial charge in [0.1, 0.15) is 5.82 Å². The Balaban J connectivity index is 1.97. The lowest BCUT2D eigenvalue weighted by Crippen LogP contribution is -2.00. The molecule has 2 aromatic heterocycles. The number of imidazole rings is 1. The van der Waals surface area contributed by atoms with E-state index in [4.69, 9.17) is 4.74 Å². The van der Waals surface area contributed by atoms with Crippen LogP contribution in [0.3, 0.4) is 0 Å². The largest absolute Gasteiger partial charge is 0.381 e. The minimum atomic E-state index is 0.723. The number of H-pyrrole nitrogens is 1. The molecule has 15 heavy (non-hydrogen) atoms. The van der Waals surface area contributed by atoms with Crippen molar-refractivity contribution in [3.05, 3.63) is 24.3 Å². The molecule has 1 N–H and O–H groups in total. The van der Waals surface area contributed by atoms with Gasteiger partial charge in [-0.2, -0.15) is 0 Å². The quantitative estimate of drug-likeness (QED) is 0.759. The van der Waals surface area contributed by atoms with Gasteiger partial charge in [0, 0.05) is 19.2 Å². The first-order valence-corrected chi connectivity index (χ1v) is 5.26. The van der Waals surface area contributed by atoms with Crippen LogP contribution in [0.15, 0.2) is 18.5 Å². The molecule has 2 rings (SSSR count). The number of aromatic nitrogens is 3. The van der Waals surface area contributed by atoms with E-state index in [9.17, 15) is 0 Å². The SMILES string of the molecule is CCCOCCc1nc2ccncc2[nH]1. The summed E-state index contributed by atoms with van der Waals surface area (Å²) in [6, 6.07) is 1.90. The van der Waals surface area contributed by atoms with E-state index in [1.54, 1.807) is 12.4 Å². The molecule has 0 atom stereocenters. The molecule has 80 valence electrons. The molecule has 0 aliphatic rings. The summed E-state index contributed by atoms with van der Waals surface area (Å²) >= 11 is 0. The van der Waals surface area contributed by atoms with Gasteiger partial charge >= 0.3 is 0 Å². The molecule has 0 unspecified atom stereocenters. The summed E-state index contributed by atoms with van der Waals surface area (Å²) in [6.07, 6.45) is 5.43. The molecule has 0 amide bonds. The third kappa shape index (κ3) is 2.53. The van der Waals surface area contributed by atoms with Crippen molar-refractivity contribution in [1.29, 1.82) is 0 Å². The number of nitrogens with zero attached hydrogens (tertiary/aromatic N) is 2. The smallest absolute Gasteiger partial charge is 0.109 e. The number of nitrogens with one attached hydrogen (secondary N) is 1. The molecule has 2 heterocycles. The molecular weight excluding hydrogens is 190 g/mol. The fourth-order valence-electron chi connectivity index (χ4n) is 1.44. The number of fused-ring (bicyclic) bond motifs is 1. The van der Waals surface area contributed by atoms with Crippen molar-refractivity contribution in [3.8, 4) is 0 Å². The van der Waals surface area contributed by atoms with Crippen LogP contribution in [0, 0.1) is 0 Å². The third-order valence-corrected chi connectivity index (χ3v) is 2.16. The Bertz CT molecular complexity index is 391. The minimum Gasteiger partial charge on any atom is -0.381 e. The average molecular weight is 205 g/mol. The van der Waals surface area contributed by atoms with Crippen LogP contribution in [0.4, 0.5) is 0 Å². The van der Waals surface area contributed by atoms with E-state index in [0.717, 1.165) is 42.9 Å². The third-order valence-electron chi connectivity index (χ3n) is 2.16. The van der Waals surface area contributed by atoms with Crippen LogP contribution >= 0.6 is 0 Å². The predicted octanol–water partition coefficient (Wildman–Crippen LogP) is 1.93. The first kappa shape index (κ1) is 10.1. The predicted molar refractivity (Wildman–Crippen MR) is 58.7 cm³/mol. The van der Waals surface area contributed by atoms with Crippen molar-refractivity contribution in [3.63, 3.8) is 0 Å². The van der Waals surface area contributed by atoms with Crippen LogP contribution in [0.1, 0.15) is 19.2 Å². The van der Waals surface area contributed by atoms with Crippen molar-refractivity contribution in [2.75, 3.05) is 13.2 Å². The van der Waals surface area contributed by atoms with Crippen molar-refractivity contribution < 1.29 is 4.74 Å². The van der Waals surface area contributed by atoms with E-state index in [2.05, 4.69) is 21.9 Å². The van der Waals surface area contributed by atoms with Crippen molar-refractivity contribution in [2.45, 2.75) is 19.8 Å². The minimum absolute atomic E-state index is 0.723. The lowest BCUT2D eigenvalue weighted by Gasteiger charge is -1.98. The molecule has 4 nitrogen and oxygen atoms in total. The molecule has 4 heteroatoms. The Labute approximate surface area is 88.7 Å². The second-order valence-corrected chi connectivity index (χ2v) is 3.44. The van der Waals surface area contributed by atoms with E-state index in [0.29, 0.717) is 0 Å². The van der Waals surface area contributed by atoms with Gasteiger partial charge < -0.3 is 9.72 Å². The molecule has 0 aliphatic heterocycles. The highest BCUT2D eigenvalue weighted by atomic mass is 16.5. The summed E-state index contributed by atoms with van der Waals surface area (Å²) in [5, 5.41) is 0. The Morgan fingerprint density at radius 2 is 2.33 bits per heavy atom. The molecule has 0 fully saturated rings. The molecule has 0 saturated carbocycles. The number of hydrogen-bond donors (Lipinski definition) is 1. The fourth-order valence-corrected chi connectivity index (χ4v) is 1.44. The highest BCUT2D eigenvalue weighted by molar-refractivity contribution is 5.73. The number of rotatable bonds is 5. The molecule has 0 aromatic carbocycles. The first-order valence-electron chi connectivity index (χ1n) is 5.26. The van der Waals surface area contributed by atoms with Gasteiger partial charge in [0.2, 0.25) is 0 Å². The van der Waals surface area contributed by atoms with Crippen molar-refractivity contribution in [1.82, 2.24) is 15.0 Å². The molecule has 2 aromatic rings. The molecule has 0 spiro atoms. The van der Waals surface area contributed by atoms with Crippen LogP contribution < -0.4 is 0 Å². The zero-order chi connectivity index (χ0) is 10.5. The summed E-state index contributed by atoms with van der Waals surface area (Å²) in [5.41, 5.74) is 1.96. The summed E-state index contributed by atoms with van der Waals surface area (Å²) in [6.45, 7) is 3.65. The zero-order valence-electron chi connectivity index (χ0n) is 8.86. The monoisotopic (exact) mass is 205 g/mol. The van der Waals surface area contributed by atoms with Gasteiger partial charge in [0.15, 0.2) is 0 Å². The second-order valence-electron chi connectivity index (χ2n) is 3.44. The van der Waals surface area contributed by atoms with Crippen molar-refractivity contribution >= 4 is 11.0 Å². The van der Waals surface area contributed by atoms with Gasteiger partial charge in [-0.1, -0.05) is 6.92 Å². The van der Waals surface area contributed by atoms with E-state index in [1.165, 1.54) is 0 Å². The maximum atomic E-state index is 5.41. The number of pyridine rings is 1. The number of aromatic amines is 1. The molecular formula is C11H15N3O. The van der Waals surface area contributed by atoms with Crippen LogP contribution in [0.25, 0.3) is 11.0 Å². The Hall–Kier alpha value is -1.42. The standard InChI is InChI=1S/C11H15N3O/c1-2-6-15-7-4-11-13-9-3-5-12-8-10(9)14-11/h3,5,8H,2,4,6-7H2,1H3,(H,13,14). The summed E-state index contributed by atoms with van der Waals surface area (Å²) in [4.78, 5) is 11.7. The Kier molecular flexibility index (Phi) is 3.29. The van der Waals surface area contributed by atoms with Crippen LogP contribution in [-0.4, -0.2) is 28.2 Å². The van der Waals surface area contributed by atoms with E-state index < -0.39 is 0 Å². The lowest BCUT2D eigenvalue weighted by atomic mass is 10.4. The van der Waals surface area contributed by atoms with Gasteiger partial charge in [0.25, 0.3) is 0 Å². The fraction of sp³-hybridized carbons (Fsp3) is 0.455. The molecule has 0 bridgehead atoms. The average Bonchev–Trinajstić information content (AvgIpc) is 2.67. The van der Waals surface area contributed by atoms with Crippen LogP contribution in [0.5, 0.6) is 0 Å². The lowest BCUT2D eigenvalue weighted by molar-refractivity contribution is 0.137. The van der Waals surface area contributed by atoms with Gasteiger partial charge in [-0.15, -0.1) is 0 Å². The highest BCUT2D eigenvalue weighted by Crippen LogP contribution is 2.08. The highest BCUT2D eigenvalue weighted by Gasteiger charge is 2.01. The molecule has 0 radical (unpaired) electrons. The zero-order valence-corrected chi connectivity index (χ0v) is 8.86. The van der Waals surface area contributed by atoms with Gasteiger partial charge in [-0.25, -0.2) is 4.98 Å². The summed E-state index contributed by atoms with van der Waals surface area (Å²) < 4.78 is 5.41. The van der Waals surface area contributed by atoms with Crippen molar-refractivity contribution in [2.24, 2.45) is 0 Å². The van der Waals surface area contributed by atoms with E-state index >= 15 is 0 Å². The number of ether oxygens (including phenoxy) is 1. The molecule has 0 saturated heterocycles. The van der Waals surface area contributed by atoms with E-state index in [-0.39, 0.29) is 0 Å². The van der Waals surface area contributed by atoms with Gasteiger partial charge in [-0.05, 0) is 12.5 Å². The van der Waals surface area contributed by atoms with Gasteiger partial charge in [-0.3, -0.25) is 4.98 Å². The number of hydrogen-bond acceptors (Lipinski definition) is 3. The van der Waals surface area contributed by atoms with E-state index in [1.807, 2.05) is 6.07 Å². The topological polar surface area (TPSA) is 50.8 Å². The maximum absolute atomic E-state index is 5.41. The molecule has 0 aliphatic carbocycles. The van der Waals surface area contributed by atoms with Crippen LogP contribution in [0.2, 0.25) is 0 Å².